The molecular formula is C21H32N4O2. The summed E-state index contributed by atoms with van der Waals surface area (Å²) in [5.74, 6) is 0.477. The quantitative estimate of drug-likeness (QED) is 0.594. The topological polar surface area (TPSA) is 80.0 Å². The van der Waals surface area contributed by atoms with Gasteiger partial charge in [0.05, 0.1) is 24.4 Å². The van der Waals surface area contributed by atoms with Gasteiger partial charge >= 0.3 is 0 Å². The molecule has 0 spiro atoms. The number of amidine groups is 1. The van der Waals surface area contributed by atoms with Crippen molar-refractivity contribution in [1.82, 2.24) is 5.32 Å². The number of amides is 1. The molecule has 0 bridgehead atoms. The number of rotatable bonds is 6. The zero-order chi connectivity index (χ0) is 20.0. The van der Waals surface area contributed by atoms with E-state index in [1.165, 1.54) is 0 Å². The number of carbonyl (C=O) groups is 1. The van der Waals surface area contributed by atoms with Gasteiger partial charge in [0.25, 0.3) is 0 Å². The van der Waals surface area contributed by atoms with E-state index in [0.717, 1.165) is 30.8 Å². The number of benzene rings is 1. The van der Waals surface area contributed by atoms with Crippen LogP contribution >= 0.6 is 0 Å². The van der Waals surface area contributed by atoms with Gasteiger partial charge in [0.2, 0.25) is 5.91 Å². The molecule has 0 saturated carbocycles. The van der Waals surface area contributed by atoms with Crippen LogP contribution in [0.3, 0.4) is 0 Å². The van der Waals surface area contributed by atoms with E-state index < -0.39 is 0 Å². The van der Waals surface area contributed by atoms with Crippen molar-refractivity contribution in [1.29, 1.82) is 0 Å². The molecule has 6 nitrogen and oxygen atoms in total. The Balaban J connectivity index is 2.23. The molecule has 1 aromatic carbocycles. The number of aliphatic imine (C=N–C) groups is 1. The van der Waals surface area contributed by atoms with Gasteiger partial charge in [0.15, 0.2) is 0 Å². The van der Waals surface area contributed by atoms with Gasteiger partial charge in [-0.2, -0.15) is 0 Å². The summed E-state index contributed by atoms with van der Waals surface area (Å²) in [6, 6.07) is 8.19. The number of hydrogen-bond donors (Lipinski definition) is 2. The van der Waals surface area contributed by atoms with Crippen LogP contribution in [0.4, 0.5) is 5.69 Å². The van der Waals surface area contributed by atoms with Crippen LogP contribution in [0.25, 0.3) is 5.70 Å². The minimum atomic E-state index is -0.244. The van der Waals surface area contributed by atoms with E-state index in [1.807, 2.05) is 19.1 Å². The fraction of sp³-hybridized carbons (Fsp3) is 0.524. The first-order valence-electron chi connectivity index (χ1n) is 9.62. The van der Waals surface area contributed by atoms with Crippen LogP contribution in [0.2, 0.25) is 0 Å². The van der Waals surface area contributed by atoms with E-state index in [4.69, 9.17) is 10.5 Å². The summed E-state index contributed by atoms with van der Waals surface area (Å²) in [6.07, 6.45) is 1.25. The van der Waals surface area contributed by atoms with Gasteiger partial charge in [-0.05, 0) is 32.4 Å². The van der Waals surface area contributed by atoms with Gasteiger partial charge < -0.3 is 20.7 Å². The van der Waals surface area contributed by atoms with Gasteiger partial charge in [-0.25, -0.2) is 4.99 Å². The third-order valence-electron chi connectivity index (χ3n) is 4.75. The van der Waals surface area contributed by atoms with Crippen LogP contribution in [-0.4, -0.2) is 43.6 Å². The maximum absolute atomic E-state index is 11.7. The van der Waals surface area contributed by atoms with Gasteiger partial charge in [0, 0.05) is 30.3 Å². The Hall–Kier alpha value is -2.18. The van der Waals surface area contributed by atoms with E-state index in [2.05, 4.69) is 54.7 Å². The average molecular weight is 373 g/mol. The van der Waals surface area contributed by atoms with E-state index in [-0.39, 0.29) is 30.6 Å². The summed E-state index contributed by atoms with van der Waals surface area (Å²) in [6.45, 7) is 14.0. The third kappa shape index (κ3) is 5.91. The van der Waals surface area contributed by atoms with Crippen molar-refractivity contribution in [3.8, 4) is 0 Å². The molecule has 148 valence electrons. The minimum absolute atomic E-state index is 0.0647. The Morgan fingerprint density at radius 2 is 2.07 bits per heavy atom. The molecule has 2 rings (SSSR count). The molecule has 0 aliphatic carbocycles. The van der Waals surface area contributed by atoms with E-state index in [0.29, 0.717) is 11.5 Å². The van der Waals surface area contributed by atoms with E-state index in [1.54, 1.807) is 0 Å². The van der Waals surface area contributed by atoms with Crippen LogP contribution < -0.4 is 16.0 Å². The number of morpholine rings is 1. The first-order chi connectivity index (χ1) is 12.8. The minimum Gasteiger partial charge on any atom is -0.372 e. The summed E-state index contributed by atoms with van der Waals surface area (Å²) in [7, 11) is 0. The smallest absolute Gasteiger partial charge is 0.239 e. The summed E-state index contributed by atoms with van der Waals surface area (Å²) in [5, 5.41) is 2.81. The summed E-state index contributed by atoms with van der Waals surface area (Å²) in [4.78, 5) is 18.7. The molecule has 0 aromatic heterocycles. The highest BCUT2D eigenvalue weighted by molar-refractivity contribution is 6.01. The highest BCUT2D eigenvalue weighted by Gasteiger charge is 2.22. The predicted octanol–water partition coefficient (Wildman–Crippen LogP) is 2.79. The van der Waals surface area contributed by atoms with Crippen molar-refractivity contribution in [2.45, 2.75) is 46.3 Å². The SMILES string of the molecule is C=C(N=C(NC(=O)CN)C(C)CC)c1cccc(N2CC(C)OC(C)C2)c1. The lowest BCUT2D eigenvalue weighted by molar-refractivity contribution is -0.118. The lowest BCUT2D eigenvalue weighted by Crippen LogP contribution is -2.45. The van der Waals surface area contributed by atoms with Crippen LogP contribution in [0.5, 0.6) is 0 Å². The Kier molecular flexibility index (Phi) is 7.56. The fourth-order valence-electron chi connectivity index (χ4n) is 3.13. The molecule has 3 N–H and O–H groups in total. The first-order valence-corrected chi connectivity index (χ1v) is 9.62. The Morgan fingerprint density at radius 1 is 1.41 bits per heavy atom. The summed E-state index contributed by atoms with van der Waals surface area (Å²) >= 11 is 0. The number of nitrogens with zero attached hydrogens (tertiary/aromatic N) is 2. The van der Waals surface area contributed by atoms with Gasteiger partial charge in [0.1, 0.15) is 5.84 Å². The standard InChI is InChI=1S/C21H32N4O2/c1-6-14(2)21(24-20(26)11-22)23-17(5)18-8-7-9-19(10-18)25-12-15(3)27-16(4)13-25/h7-10,14-16H,5-6,11-13,22H2,1-4H3,(H,23,24,26). The van der Waals surface area contributed by atoms with Crippen LogP contribution in [-0.2, 0) is 9.53 Å². The van der Waals surface area contributed by atoms with Gasteiger partial charge in [-0.15, -0.1) is 0 Å². The van der Waals surface area contributed by atoms with Gasteiger partial charge in [-0.3, -0.25) is 4.79 Å². The molecule has 3 atom stereocenters. The van der Waals surface area contributed by atoms with Crippen LogP contribution in [0.15, 0.2) is 35.8 Å². The number of ether oxygens (including phenoxy) is 1. The monoisotopic (exact) mass is 372 g/mol. The van der Waals surface area contributed by atoms with Crippen molar-refractivity contribution in [2.24, 2.45) is 16.6 Å². The zero-order valence-corrected chi connectivity index (χ0v) is 16.9. The zero-order valence-electron chi connectivity index (χ0n) is 16.9. The molecule has 3 unspecified atom stereocenters. The predicted molar refractivity (Wildman–Crippen MR) is 112 cm³/mol. The second kappa shape index (κ2) is 9.67. The molecule has 1 aliphatic heterocycles. The van der Waals surface area contributed by atoms with Crippen molar-refractivity contribution in [3.05, 3.63) is 36.4 Å². The molecule has 27 heavy (non-hydrogen) atoms. The molecule has 1 amide bonds. The second-order valence-corrected chi connectivity index (χ2v) is 7.22. The second-order valence-electron chi connectivity index (χ2n) is 7.22. The highest BCUT2D eigenvalue weighted by Crippen LogP contribution is 2.25. The molecule has 1 fully saturated rings. The van der Waals surface area contributed by atoms with Crippen molar-refractivity contribution < 1.29 is 9.53 Å². The average Bonchev–Trinajstić information content (AvgIpc) is 2.65. The largest absolute Gasteiger partial charge is 0.372 e. The Labute approximate surface area is 162 Å². The molecule has 1 aromatic rings. The Bertz CT molecular complexity index is 691. The van der Waals surface area contributed by atoms with E-state index >= 15 is 0 Å². The number of carbonyl (C=O) groups excluding carboxylic acids is 1. The number of nitrogens with two attached hydrogens (primary N) is 1. The number of nitrogens with one attached hydrogen (secondary N) is 1. The van der Waals surface area contributed by atoms with Gasteiger partial charge in [-0.1, -0.05) is 32.6 Å². The fourth-order valence-corrected chi connectivity index (χ4v) is 3.13. The van der Waals surface area contributed by atoms with Crippen molar-refractivity contribution in [2.75, 3.05) is 24.5 Å². The third-order valence-corrected chi connectivity index (χ3v) is 4.75. The lowest BCUT2D eigenvalue weighted by atomic mass is 10.1. The molecular weight excluding hydrogens is 340 g/mol. The number of anilines is 1. The highest BCUT2D eigenvalue weighted by atomic mass is 16.5. The number of hydrogen-bond acceptors (Lipinski definition) is 5. The molecule has 1 aliphatic rings. The molecule has 0 radical (unpaired) electrons. The van der Waals surface area contributed by atoms with Crippen molar-refractivity contribution in [3.63, 3.8) is 0 Å². The van der Waals surface area contributed by atoms with E-state index in [9.17, 15) is 4.79 Å². The van der Waals surface area contributed by atoms with Crippen LogP contribution in [0.1, 0.15) is 39.7 Å². The molecule has 1 heterocycles. The normalized spacial score (nSPS) is 21.7. The van der Waals surface area contributed by atoms with Crippen LogP contribution in [0, 0.1) is 5.92 Å². The first kappa shape index (κ1) is 21.1. The Morgan fingerprint density at radius 3 is 2.67 bits per heavy atom. The molecule has 6 heteroatoms. The maximum Gasteiger partial charge on any atom is 0.239 e. The van der Waals surface area contributed by atoms with Crippen molar-refractivity contribution >= 4 is 23.1 Å². The summed E-state index contributed by atoms with van der Waals surface area (Å²) in [5.41, 5.74) is 8.11. The summed E-state index contributed by atoms with van der Waals surface area (Å²) < 4.78 is 5.82. The lowest BCUT2D eigenvalue weighted by Gasteiger charge is -2.37. The maximum atomic E-state index is 11.7. The molecule has 1 saturated heterocycles.